The maximum absolute atomic E-state index is 14.1. The molecule has 1 N–H and O–H groups in total. The number of alkyl halides is 1. The van der Waals surface area contributed by atoms with Gasteiger partial charge in [-0.2, -0.15) is 0 Å². The van der Waals surface area contributed by atoms with Gasteiger partial charge in [0.15, 0.2) is 0 Å². The van der Waals surface area contributed by atoms with E-state index in [0.717, 1.165) is 15.1 Å². The number of nitrogens with one attached hydrogen (secondary N) is 1. The van der Waals surface area contributed by atoms with Crippen LogP contribution in [0.3, 0.4) is 0 Å². The molecule has 0 spiro atoms. The number of fused-ring (bicyclic) bond motifs is 1. The molecule has 0 amide bonds. The standard InChI is InChI=1S/C28H26ClN3O4S/c1-4-21-14-20(22-16-25(33)31(3)17-23(22)18-8-6-5-7-9-18)15-24(29)28(21,2)37(35,36)32-13-11-19-10-12-30-27(34)26(19)32/h5-17,24H,4H2,1-3H3,(H,30,34). The molecule has 1 aliphatic rings. The Bertz CT molecular complexity index is 1810. The molecule has 7 nitrogen and oxygen atoms in total. The lowest BCUT2D eigenvalue weighted by Gasteiger charge is -2.38. The van der Waals surface area contributed by atoms with Crippen LogP contribution in [0.2, 0.25) is 0 Å². The lowest BCUT2D eigenvalue weighted by Crippen LogP contribution is -2.49. The fourth-order valence-corrected chi connectivity index (χ4v) is 7.55. The minimum atomic E-state index is -4.17. The highest BCUT2D eigenvalue weighted by Crippen LogP contribution is 2.44. The van der Waals surface area contributed by atoms with E-state index in [4.69, 9.17) is 11.6 Å². The van der Waals surface area contributed by atoms with Gasteiger partial charge in [-0.25, -0.2) is 12.4 Å². The van der Waals surface area contributed by atoms with Gasteiger partial charge < -0.3 is 9.55 Å². The number of rotatable bonds is 5. The van der Waals surface area contributed by atoms with Crippen molar-refractivity contribution in [2.24, 2.45) is 7.05 Å². The second-order valence-corrected chi connectivity index (χ2v) is 12.0. The topological polar surface area (TPSA) is 93.9 Å². The average molecular weight is 536 g/mol. The summed E-state index contributed by atoms with van der Waals surface area (Å²) in [4.78, 5) is 27.8. The lowest BCUT2D eigenvalue weighted by atomic mass is 9.83. The van der Waals surface area contributed by atoms with Gasteiger partial charge in [-0.1, -0.05) is 49.4 Å². The second-order valence-electron chi connectivity index (χ2n) is 9.30. The number of benzene rings is 1. The molecule has 37 heavy (non-hydrogen) atoms. The zero-order valence-electron chi connectivity index (χ0n) is 20.6. The van der Waals surface area contributed by atoms with Gasteiger partial charge in [0.05, 0.1) is 5.38 Å². The zero-order valence-corrected chi connectivity index (χ0v) is 22.2. The Labute approximate surface area is 219 Å². The number of pyridine rings is 2. The predicted molar refractivity (Wildman–Crippen MR) is 148 cm³/mol. The third-order valence-electron chi connectivity index (χ3n) is 7.20. The smallest absolute Gasteiger partial charge is 0.273 e. The zero-order chi connectivity index (χ0) is 26.5. The maximum atomic E-state index is 14.1. The highest BCUT2D eigenvalue weighted by atomic mass is 35.5. The minimum absolute atomic E-state index is 0.0516. The van der Waals surface area contributed by atoms with Gasteiger partial charge in [0.2, 0.25) is 10.0 Å². The molecule has 4 aromatic rings. The van der Waals surface area contributed by atoms with E-state index >= 15 is 0 Å². The van der Waals surface area contributed by atoms with Crippen molar-refractivity contribution in [1.29, 1.82) is 0 Å². The van der Waals surface area contributed by atoms with Gasteiger partial charge in [0.25, 0.3) is 11.1 Å². The minimum Gasteiger partial charge on any atom is -0.327 e. The van der Waals surface area contributed by atoms with Crippen molar-refractivity contribution >= 4 is 38.1 Å². The third-order valence-corrected chi connectivity index (χ3v) is 10.3. The van der Waals surface area contributed by atoms with Gasteiger partial charge in [-0.05, 0) is 47.8 Å². The molecule has 0 saturated carbocycles. The molecule has 0 saturated heterocycles. The summed E-state index contributed by atoms with van der Waals surface area (Å²) < 4.78 is 29.3. The summed E-state index contributed by atoms with van der Waals surface area (Å²) in [7, 11) is -2.48. The Hall–Kier alpha value is -3.62. The summed E-state index contributed by atoms with van der Waals surface area (Å²) >= 11 is 6.92. The Kier molecular flexibility index (Phi) is 6.12. The Morgan fingerprint density at radius 1 is 1.08 bits per heavy atom. The molecule has 1 aliphatic carbocycles. The first kappa shape index (κ1) is 25.0. The maximum Gasteiger partial charge on any atom is 0.273 e. The van der Waals surface area contributed by atoms with E-state index < -0.39 is 25.7 Å². The normalized spacial score (nSPS) is 20.1. The second kappa shape index (κ2) is 9.04. The molecule has 190 valence electrons. The van der Waals surface area contributed by atoms with Gasteiger partial charge in [-0.15, -0.1) is 11.6 Å². The number of halogens is 1. The van der Waals surface area contributed by atoms with Gasteiger partial charge >= 0.3 is 0 Å². The van der Waals surface area contributed by atoms with E-state index in [2.05, 4.69) is 4.98 Å². The number of hydrogen-bond acceptors (Lipinski definition) is 4. The van der Waals surface area contributed by atoms with Crippen molar-refractivity contribution in [3.63, 3.8) is 0 Å². The number of aryl methyl sites for hydroxylation is 1. The van der Waals surface area contributed by atoms with Crippen molar-refractivity contribution in [3.8, 4) is 11.1 Å². The molecule has 2 unspecified atom stereocenters. The van der Waals surface area contributed by atoms with Gasteiger partial charge in [0.1, 0.15) is 10.3 Å². The number of aromatic nitrogens is 3. The number of aromatic amines is 1. The Morgan fingerprint density at radius 2 is 1.81 bits per heavy atom. The summed E-state index contributed by atoms with van der Waals surface area (Å²) in [6.45, 7) is 3.46. The molecule has 5 rings (SSSR count). The highest BCUT2D eigenvalue weighted by molar-refractivity contribution is 7.91. The summed E-state index contributed by atoms with van der Waals surface area (Å²) in [5, 5.41) is -0.455. The van der Waals surface area contributed by atoms with Crippen LogP contribution < -0.4 is 11.1 Å². The summed E-state index contributed by atoms with van der Waals surface area (Å²) in [6, 6.07) is 14.5. The van der Waals surface area contributed by atoms with Crippen molar-refractivity contribution in [3.05, 3.63) is 111 Å². The van der Waals surface area contributed by atoms with Crippen molar-refractivity contribution in [2.45, 2.75) is 30.4 Å². The van der Waals surface area contributed by atoms with E-state index in [0.29, 0.717) is 28.5 Å². The molecular weight excluding hydrogens is 510 g/mol. The van der Waals surface area contributed by atoms with Crippen LogP contribution in [0.5, 0.6) is 0 Å². The quantitative estimate of drug-likeness (QED) is 0.376. The average Bonchev–Trinajstić information content (AvgIpc) is 3.34. The molecule has 9 heteroatoms. The van der Waals surface area contributed by atoms with E-state index in [1.807, 2.05) is 43.3 Å². The first-order valence-corrected chi connectivity index (χ1v) is 13.7. The Balaban J connectivity index is 1.69. The van der Waals surface area contributed by atoms with E-state index in [1.165, 1.54) is 17.0 Å². The van der Waals surface area contributed by atoms with Crippen LogP contribution in [-0.2, 0) is 17.1 Å². The monoisotopic (exact) mass is 535 g/mol. The van der Waals surface area contributed by atoms with Crippen LogP contribution in [0.25, 0.3) is 27.6 Å². The van der Waals surface area contributed by atoms with E-state index in [1.54, 1.807) is 44.4 Å². The summed E-state index contributed by atoms with van der Waals surface area (Å²) in [6.07, 6.45) is 8.56. The number of allylic oxidation sites excluding steroid dienone is 3. The molecule has 3 heterocycles. The van der Waals surface area contributed by atoms with Crippen LogP contribution in [0, 0.1) is 0 Å². The molecule has 1 aromatic carbocycles. The van der Waals surface area contributed by atoms with Crippen LogP contribution in [-0.4, -0.2) is 32.1 Å². The number of H-pyrrole nitrogens is 1. The number of nitrogens with zero attached hydrogens (tertiary/aromatic N) is 2. The van der Waals surface area contributed by atoms with Gasteiger partial charge in [-0.3, -0.25) is 9.59 Å². The van der Waals surface area contributed by atoms with Crippen molar-refractivity contribution < 1.29 is 8.42 Å². The molecule has 0 aliphatic heterocycles. The molecule has 0 radical (unpaired) electrons. The first-order valence-electron chi connectivity index (χ1n) is 11.9. The Morgan fingerprint density at radius 3 is 2.51 bits per heavy atom. The van der Waals surface area contributed by atoms with E-state index in [-0.39, 0.29) is 11.1 Å². The van der Waals surface area contributed by atoms with Gasteiger partial charge in [0, 0.05) is 42.7 Å². The van der Waals surface area contributed by atoms with Crippen molar-refractivity contribution in [1.82, 2.24) is 13.5 Å². The van der Waals surface area contributed by atoms with E-state index in [9.17, 15) is 18.0 Å². The van der Waals surface area contributed by atoms with Crippen LogP contribution in [0.15, 0.2) is 94.4 Å². The molecule has 0 bridgehead atoms. The predicted octanol–water partition coefficient (Wildman–Crippen LogP) is 4.67. The largest absolute Gasteiger partial charge is 0.327 e. The van der Waals surface area contributed by atoms with Crippen LogP contribution in [0.1, 0.15) is 25.8 Å². The van der Waals surface area contributed by atoms with Crippen molar-refractivity contribution in [2.75, 3.05) is 0 Å². The fourth-order valence-electron chi connectivity index (χ4n) is 4.99. The third kappa shape index (κ3) is 3.83. The highest BCUT2D eigenvalue weighted by Gasteiger charge is 2.50. The molecular formula is C28H26ClN3O4S. The molecule has 2 atom stereocenters. The summed E-state index contributed by atoms with van der Waals surface area (Å²) in [5.74, 6) is 0. The molecule has 0 fully saturated rings. The number of hydrogen-bond donors (Lipinski definition) is 1. The van der Waals surface area contributed by atoms with Crippen LogP contribution >= 0.6 is 11.6 Å². The fraction of sp³-hybridized carbons (Fsp3) is 0.214. The first-order chi connectivity index (χ1) is 17.6. The molecule has 3 aromatic heterocycles. The lowest BCUT2D eigenvalue weighted by molar-refractivity contribution is 0.544. The SMILES string of the molecule is CCC1=CC(c2cc(=O)n(C)cc2-c2ccccc2)=CC(Cl)C1(C)S(=O)(=O)n1ccc2cc[nH]c(=O)c21. The van der Waals surface area contributed by atoms with Crippen LogP contribution in [0.4, 0.5) is 0 Å². The summed E-state index contributed by atoms with van der Waals surface area (Å²) in [5.41, 5.74) is 3.05.